The van der Waals surface area contributed by atoms with Crippen LogP contribution < -0.4 is 10.2 Å². The predicted molar refractivity (Wildman–Crippen MR) is 73.0 cm³/mol. The Balaban J connectivity index is 2.30. The van der Waals surface area contributed by atoms with Gasteiger partial charge >= 0.3 is 0 Å². The van der Waals surface area contributed by atoms with Gasteiger partial charge in [-0.25, -0.2) is 9.97 Å². The number of aliphatic hydroxyl groups excluding tert-OH is 1. The van der Waals surface area contributed by atoms with Crippen LogP contribution in [0.15, 0.2) is 6.33 Å². The van der Waals surface area contributed by atoms with Gasteiger partial charge in [0.05, 0.1) is 6.10 Å². The molecule has 1 aliphatic heterocycles. The summed E-state index contributed by atoms with van der Waals surface area (Å²) in [6.07, 6.45) is 5.29. The van der Waals surface area contributed by atoms with Crippen LogP contribution in [0.2, 0.25) is 0 Å². The van der Waals surface area contributed by atoms with Gasteiger partial charge in [0.2, 0.25) is 0 Å². The van der Waals surface area contributed by atoms with E-state index in [2.05, 4.69) is 27.1 Å². The van der Waals surface area contributed by atoms with Gasteiger partial charge in [0.25, 0.3) is 0 Å². The number of nitrogens with one attached hydrogen (secondary N) is 1. The Kier molecular flexibility index (Phi) is 4.36. The average molecular weight is 250 g/mol. The van der Waals surface area contributed by atoms with Crippen LogP contribution in [0.1, 0.15) is 31.7 Å². The fourth-order valence-electron chi connectivity index (χ4n) is 2.52. The highest BCUT2D eigenvalue weighted by Crippen LogP contribution is 2.27. The Morgan fingerprint density at radius 1 is 1.50 bits per heavy atom. The zero-order valence-electron chi connectivity index (χ0n) is 11.2. The van der Waals surface area contributed by atoms with Crippen molar-refractivity contribution < 1.29 is 5.11 Å². The van der Waals surface area contributed by atoms with Crippen molar-refractivity contribution >= 4 is 11.6 Å². The van der Waals surface area contributed by atoms with E-state index in [1.165, 1.54) is 0 Å². The zero-order chi connectivity index (χ0) is 13.0. The molecule has 5 heteroatoms. The molecule has 5 nitrogen and oxygen atoms in total. The molecule has 18 heavy (non-hydrogen) atoms. The first kappa shape index (κ1) is 13.1. The van der Waals surface area contributed by atoms with Crippen molar-refractivity contribution in [3.63, 3.8) is 0 Å². The number of β-amino-alcohol motifs (C(OH)–C–C–N with tert-alkyl or cyclic N) is 1. The maximum absolute atomic E-state index is 9.79. The molecule has 1 unspecified atom stereocenters. The molecule has 0 bridgehead atoms. The molecule has 0 spiro atoms. The molecule has 1 aromatic heterocycles. The molecular formula is C13H22N4O. The molecular weight excluding hydrogens is 228 g/mol. The summed E-state index contributed by atoms with van der Waals surface area (Å²) < 4.78 is 0. The number of aromatic nitrogens is 2. The SMILES string of the molecule is CCCc1c(NC)ncnc1N1CCCC(O)C1. The number of hydrogen-bond donors (Lipinski definition) is 2. The van der Waals surface area contributed by atoms with E-state index in [4.69, 9.17) is 0 Å². The molecule has 2 heterocycles. The molecule has 1 fully saturated rings. The van der Waals surface area contributed by atoms with Crippen LogP contribution in [0.5, 0.6) is 0 Å². The normalized spacial score (nSPS) is 19.9. The van der Waals surface area contributed by atoms with E-state index in [1.807, 2.05) is 7.05 Å². The number of hydrogen-bond acceptors (Lipinski definition) is 5. The van der Waals surface area contributed by atoms with E-state index in [1.54, 1.807) is 6.33 Å². The molecule has 1 saturated heterocycles. The summed E-state index contributed by atoms with van der Waals surface area (Å²) in [6.45, 7) is 3.80. The highest BCUT2D eigenvalue weighted by Gasteiger charge is 2.22. The number of anilines is 2. The smallest absolute Gasteiger partial charge is 0.137 e. The van der Waals surface area contributed by atoms with Gasteiger partial charge in [0.1, 0.15) is 18.0 Å². The van der Waals surface area contributed by atoms with Crippen LogP contribution >= 0.6 is 0 Å². The largest absolute Gasteiger partial charge is 0.391 e. The minimum absolute atomic E-state index is 0.235. The van der Waals surface area contributed by atoms with E-state index in [-0.39, 0.29) is 6.10 Å². The van der Waals surface area contributed by atoms with Gasteiger partial charge in [-0.1, -0.05) is 13.3 Å². The summed E-state index contributed by atoms with van der Waals surface area (Å²) in [4.78, 5) is 10.9. The standard InChI is InChI=1S/C13H22N4O/c1-3-5-11-12(14-2)15-9-16-13(11)17-7-4-6-10(18)8-17/h9-10,18H,3-8H2,1-2H3,(H,14,15,16). The van der Waals surface area contributed by atoms with E-state index >= 15 is 0 Å². The van der Waals surface area contributed by atoms with Crippen LogP contribution in [0.25, 0.3) is 0 Å². The van der Waals surface area contributed by atoms with Gasteiger partial charge in [-0.2, -0.15) is 0 Å². The third-order valence-electron chi connectivity index (χ3n) is 3.36. The Bertz CT molecular complexity index is 397. The van der Waals surface area contributed by atoms with Crippen molar-refractivity contribution in [3.05, 3.63) is 11.9 Å². The van der Waals surface area contributed by atoms with Crippen LogP contribution in [-0.2, 0) is 6.42 Å². The number of aliphatic hydroxyl groups is 1. The van der Waals surface area contributed by atoms with Gasteiger partial charge in [-0.3, -0.25) is 0 Å². The van der Waals surface area contributed by atoms with Gasteiger partial charge < -0.3 is 15.3 Å². The summed E-state index contributed by atoms with van der Waals surface area (Å²) >= 11 is 0. The van der Waals surface area contributed by atoms with Crippen molar-refractivity contribution in [1.29, 1.82) is 0 Å². The van der Waals surface area contributed by atoms with Crippen molar-refractivity contribution in [1.82, 2.24) is 9.97 Å². The van der Waals surface area contributed by atoms with Crippen molar-refractivity contribution in [2.24, 2.45) is 0 Å². The Morgan fingerprint density at radius 2 is 2.33 bits per heavy atom. The quantitative estimate of drug-likeness (QED) is 0.846. The number of piperidine rings is 1. The molecule has 100 valence electrons. The summed E-state index contributed by atoms with van der Waals surface area (Å²) in [5.41, 5.74) is 1.16. The second-order valence-electron chi connectivity index (χ2n) is 4.77. The third kappa shape index (κ3) is 2.72. The molecule has 1 aliphatic rings. The van der Waals surface area contributed by atoms with E-state index < -0.39 is 0 Å². The molecule has 0 aromatic carbocycles. The molecule has 1 atom stereocenters. The summed E-state index contributed by atoms with van der Waals surface area (Å²) in [7, 11) is 1.89. The predicted octanol–water partition coefficient (Wildman–Crippen LogP) is 1.43. The number of nitrogens with zero attached hydrogens (tertiary/aromatic N) is 3. The molecule has 2 N–H and O–H groups in total. The molecule has 2 rings (SSSR count). The van der Waals surface area contributed by atoms with Gasteiger partial charge in [-0.05, 0) is 19.3 Å². The Morgan fingerprint density at radius 3 is 3.00 bits per heavy atom. The minimum Gasteiger partial charge on any atom is -0.391 e. The van der Waals surface area contributed by atoms with E-state index in [0.29, 0.717) is 6.54 Å². The first-order valence-corrected chi connectivity index (χ1v) is 6.71. The van der Waals surface area contributed by atoms with Crippen LogP contribution in [-0.4, -0.2) is 41.3 Å². The molecule has 0 amide bonds. The maximum Gasteiger partial charge on any atom is 0.137 e. The highest BCUT2D eigenvalue weighted by molar-refractivity contribution is 5.58. The van der Waals surface area contributed by atoms with E-state index in [0.717, 1.165) is 49.4 Å². The highest BCUT2D eigenvalue weighted by atomic mass is 16.3. The summed E-state index contributed by atoms with van der Waals surface area (Å²) in [5, 5.41) is 12.9. The maximum atomic E-state index is 9.79. The lowest BCUT2D eigenvalue weighted by Crippen LogP contribution is -2.39. The first-order chi connectivity index (χ1) is 8.76. The van der Waals surface area contributed by atoms with E-state index in [9.17, 15) is 5.11 Å². The Hall–Kier alpha value is -1.36. The lowest BCUT2D eigenvalue weighted by molar-refractivity contribution is 0.154. The monoisotopic (exact) mass is 250 g/mol. The van der Waals surface area contributed by atoms with Gasteiger partial charge in [0, 0.05) is 25.7 Å². The van der Waals surface area contributed by atoms with Gasteiger partial charge in [0.15, 0.2) is 0 Å². The third-order valence-corrected chi connectivity index (χ3v) is 3.36. The second-order valence-corrected chi connectivity index (χ2v) is 4.77. The molecule has 0 saturated carbocycles. The lowest BCUT2D eigenvalue weighted by Gasteiger charge is -2.32. The molecule has 0 aliphatic carbocycles. The first-order valence-electron chi connectivity index (χ1n) is 6.71. The average Bonchev–Trinajstić information content (AvgIpc) is 2.39. The zero-order valence-corrected chi connectivity index (χ0v) is 11.2. The van der Waals surface area contributed by atoms with Crippen molar-refractivity contribution in [3.8, 4) is 0 Å². The molecule has 0 radical (unpaired) electrons. The molecule has 1 aromatic rings. The second kappa shape index (κ2) is 6.00. The van der Waals surface area contributed by atoms with Crippen molar-refractivity contribution in [2.45, 2.75) is 38.7 Å². The van der Waals surface area contributed by atoms with Gasteiger partial charge in [-0.15, -0.1) is 0 Å². The minimum atomic E-state index is -0.235. The number of rotatable bonds is 4. The summed E-state index contributed by atoms with van der Waals surface area (Å²) in [6, 6.07) is 0. The van der Waals surface area contributed by atoms with Crippen LogP contribution in [0, 0.1) is 0 Å². The fourth-order valence-corrected chi connectivity index (χ4v) is 2.52. The van der Waals surface area contributed by atoms with Crippen molar-refractivity contribution in [2.75, 3.05) is 30.4 Å². The summed E-state index contributed by atoms with van der Waals surface area (Å²) in [5.74, 6) is 1.89. The Labute approximate surface area is 108 Å². The lowest BCUT2D eigenvalue weighted by atomic mass is 10.1. The topological polar surface area (TPSA) is 61.3 Å². The van der Waals surface area contributed by atoms with Crippen LogP contribution in [0.4, 0.5) is 11.6 Å². The fraction of sp³-hybridized carbons (Fsp3) is 0.692. The van der Waals surface area contributed by atoms with Crippen LogP contribution in [0.3, 0.4) is 0 Å².